The molecule has 0 spiro atoms. The van der Waals surface area contributed by atoms with Gasteiger partial charge in [0.05, 0.1) is 12.7 Å². The highest BCUT2D eigenvalue weighted by atomic mass is 16.5. The molecule has 0 aliphatic carbocycles. The molecule has 0 N–H and O–H groups in total. The van der Waals surface area contributed by atoms with Crippen molar-refractivity contribution in [3.63, 3.8) is 0 Å². The largest absolute Gasteiger partial charge is 0.494 e. The highest BCUT2D eigenvalue weighted by molar-refractivity contribution is 5.69. The number of hydrogen-bond acceptors (Lipinski definition) is 3. The van der Waals surface area contributed by atoms with Gasteiger partial charge in [0, 0.05) is 32.8 Å². The number of nitrogens with zero attached hydrogens (tertiary/aromatic N) is 2. The first-order valence-electron chi connectivity index (χ1n) is 9.28. The number of unbranched alkanes of at least 4 members (excludes halogenated alkanes) is 1. The van der Waals surface area contributed by atoms with Crippen LogP contribution in [0.3, 0.4) is 0 Å². The summed E-state index contributed by atoms with van der Waals surface area (Å²) in [7, 11) is 4.00. The van der Waals surface area contributed by atoms with Gasteiger partial charge in [-0.1, -0.05) is 36.9 Å². The number of oxazole rings is 1. The van der Waals surface area contributed by atoms with Gasteiger partial charge in [-0.2, -0.15) is 4.57 Å². The van der Waals surface area contributed by atoms with Crippen molar-refractivity contribution in [3.05, 3.63) is 72.8 Å². The highest BCUT2D eigenvalue weighted by Gasteiger charge is 2.19. The van der Waals surface area contributed by atoms with Crippen LogP contribution in [0.5, 0.6) is 5.75 Å². The zero-order valence-electron chi connectivity index (χ0n) is 16.1. The van der Waals surface area contributed by atoms with Crippen LogP contribution in [-0.2, 0) is 6.54 Å². The van der Waals surface area contributed by atoms with Crippen LogP contribution in [0.15, 0.2) is 65.7 Å². The lowest BCUT2D eigenvalue weighted by Gasteiger charge is -2.05. The van der Waals surface area contributed by atoms with Gasteiger partial charge in [-0.3, -0.25) is 0 Å². The lowest BCUT2D eigenvalue weighted by molar-refractivity contribution is -0.678. The smallest absolute Gasteiger partial charge is 0.375 e. The van der Waals surface area contributed by atoms with E-state index in [2.05, 4.69) is 17.2 Å². The van der Waals surface area contributed by atoms with Gasteiger partial charge in [-0.05, 0) is 30.2 Å². The van der Waals surface area contributed by atoms with Crippen LogP contribution in [0.1, 0.15) is 24.3 Å². The normalized spacial score (nSPS) is 11.2. The summed E-state index contributed by atoms with van der Waals surface area (Å²) in [6, 6.07) is 16.2. The van der Waals surface area contributed by atoms with Gasteiger partial charge < -0.3 is 14.1 Å². The summed E-state index contributed by atoms with van der Waals surface area (Å²) in [6.07, 6.45) is 7.84. The van der Waals surface area contributed by atoms with E-state index in [1.54, 1.807) is 0 Å². The summed E-state index contributed by atoms with van der Waals surface area (Å²) in [5.74, 6) is 1.77. The lowest BCUT2D eigenvalue weighted by atomic mass is 10.2. The molecule has 0 aliphatic heterocycles. The molecule has 0 radical (unpaired) electrons. The van der Waals surface area contributed by atoms with Crippen molar-refractivity contribution >= 4 is 23.3 Å². The van der Waals surface area contributed by atoms with Gasteiger partial charge in [0.25, 0.3) is 5.52 Å². The number of aryl methyl sites for hydroxylation is 1. The van der Waals surface area contributed by atoms with Crippen molar-refractivity contribution in [2.24, 2.45) is 0 Å². The van der Waals surface area contributed by atoms with Gasteiger partial charge in [0.15, 0.2) is 6.54 Å². The molecule has 27 heavy (non-hydrogen) atoms. The summed E-state index contributed by atoms with van der Waals surface area (Å²) in [5.41, 5.74) is 3.13. The third-order valence-electron chi connectivity index (χ3n) is 4.31. The van der Waals surface area contributed by atoms with Crippen LogP contribution < -0.4 is 9.30 Å². The Kier molecular flexibility index (Phi) is 6.31. The molecule has 2 aromatic carbocycles. The van der Waals surface area contributed by atoms with E-state index < -0.39 is 0 Å². The monoisotopic (exact) mass is 363 g/mol. The molecule has 0 atom stereocenters. The van der Waals surface area contributed by atoms with Gasteiger partial charge in [0.1, 0.15) is 5.75 Å². The number of aromatic nitrogens is 1. The van der Waals surface area contributed by atoms with Gasteiger partial charge in [0.2, 0.25) is 5.58 Å². The molecule has 0 fully saturated rings. The van der Waals surface area contributed by atoms with E-state index >= 15 is 0 Å². The molecule has 3 aromatic rings. The van der Waals surface area contributed by atoms with Crippen LogP contribution >= 0.6 is 0 Å². The summed E-state index contributed by atoms with van der Waals surface area (Å²) in [4.78, 5) is 2.00. The first-order valence-corrected chi connectivity index (χ1v) is 9.28. The minimum atomic E-state index is 0.701. The third kappa shape index (κ3) is 5.00. The minimum absolute atomic E-state index is 0.701. The topological polar surface area (TPSA) is 29.5 Å². The number of hydrogen-bond donors (Lipinski definition) is 0. The standard InChI is InChI=1S/C23H27N2O2/c1-4-19-11-13-20(14-12-19)26-18-8-7-16-25-21-9-5-6-10-22(21)27-23(25)15-17-24(2)3/h4-6,9-15,17H,1,7-8,16,18H2,2-3H3/q+1. The fraction of sp³-hybridized carbons (Fsp3) is 0.261. The van der Waals surface area contributed by atoms with Crippen LogP contribution in [0, 0.1) is 0 Å². The highest BCUT2D eigenvalue weighted by Crippen LogP contribution is 2.16. The lowest BCUT2D eigenvalue weighted by Crippen LogP contribution is -2.35. The molecule has 1 aromatic heterocycles. The first kappa shape index (κ1) is 18.8. The summed E-state index contributed by atoms with van der Waals surface area (Å²) >= 11 is 0. The molecule has 0 unspecified atom stereocenters. The molecule has 0 bridgehead atoms. The van der Waals surface area contributed by atoms with E-state index in [0.29, 0.717) is 6.61 Å². The molecular formula is C23H27N2O2+. The second kappa shape index (κ2) is 9.08. The van der Waals surface area contributed by atoms with E-state index in [-0.39, 0.29) is 0 Å². The maximum atomic E-state index is 6.01. The Labute approximate surface area is 161 Å². The zero-order chi connectivity index (χ0) is 19.1. The molecule has 140 valence electrons. The number of ether oxygens (including phenoxy) is 1. The molecular weight excluding hydrogens is 336 g/mol. The van der Waals surface area contributed by atoms with Crippen molar-refractivity contribution in [2.75, 3.05) is 20.7 Å². The Bertz CT molecular complexity index is 908. The van der Waals surface area contributed by atoms with E-state index in [4.69, 9.17) is 9.15 Å². The average molecular weight is 363 g/mol. The van der Waals surface area contributed by atoms with Crippen molar-refractivity contribution in [1.82, 2.24) is 4.90 Å². The van der Waals surface area contributed by atoms with Crippen molar-refractivity contribution in [3.8, 4) is 5.75 Å². The second-order valence-electron chi connectivity index (χ2n) is 6.67. The Hall–Kier alpha value is -3.01. The minimum Gasteiger partial charge on any atom is -0.494 e. The van der Waals surface area contributed by atoms with Crippen molar-refractivity contribution in [2.45, 2.75) is 19.4 Å². The number of fused-ring (bicyclic) bond motifs is 1. The van der Waals surface area contributed by atoms with Crippen LogP contribution in [0.25, 0.3) is 23.3 Å². The molecule has 4 heteroatoms. The summed E-state index contributed by atoms with van der Waals surface area (Å²) < 4.78 is 14.1. The maximum Gasteiger partial charge on any atom is 0.375 e. The fourth-order valence-corrected chi connectivity index (χ4v) is 2.88. The number of benzene rings is 2. The Morgan fingerprint density at radius 3 is 2.59 bits per heavy atom. The van der Waals surface area contributed by atoms with Gasteiger partial charge in [-0.25, -0.2) is 0 Å². The predicted molar refractivity (Wildman–Crippen MR) is 110 cm³/mol. The van der Waals surface area contributed by atoms with Gasteiger partial charge >= 0.3 is 5.89 Å². The quantitative estimate of drug-likeness (QED) is 0.406. The predicted octanol–water partition coefficient (Wildman–Crippen LogP) is 4.75. The van der Waals surface area contributed by atoms with E-state index in [1.807, 2.05) is 79.8 Å². The maximum absolute atomic E-state index is 6.01. The fourth-order valence-electron chi connectivity index (χ4n) is 2.88. The van der Waals surface area contributed by atoms with E-state index in [0.717, 1.165) is 47.7 Å². The molecule has 3 rings (SSSR count). The van der Waals surface area contributed by atoms with E-state index in [1.165, 1.54) is 0 Å². The van der Waals surface area contributed by atoms with Crippen LogP contribution in [0.2, 0.25) is 0 Å². The molecule has 1 heterocycles. The Balaban J connectivity index is 1.58. The molecule has 0 saturated carbocycles. The summed E-state index contributed by atoms with van der Waals surface area (Å²) in [5, 5.41) is 0. The van der Waals surface area contributed by atoms with Gasteiger partial charge in [-0.15, -0.1) is 0 Å². The SMILES string of the molecule is C=Cc1ccc(OCCCC[n+]2c(C=CN(C)C)oc3ccccc32)cc1. The third-order valence-corrected chi connectivity index (χ3v) is 4.31. The average Bonchev–Trinajstić information content (AvgIpc) is 3.04. The Morgan fingerprint density at radius 2 is 1.85 bits per heavy atom. The molecule has 4 nitrogen and oxygen atoms in total. The number of rotatable bonds is 9. The number of para-hydroxylation sites is 2. The Morgan fingerprint density at radius 1 is 1.07 bits per heavy atom. The molecule has 0 amide bonds. The molecule has 0 aliphatic rings. The molecule has 0 saturated heterocycles. The summed E-state index contributed by atoms with van der Waals surface area (Å²) in [6.45, 7) is 5.36. The van der Waals surface area contributed by atoms with Crippen LogP contribution in [-0.4, -0.2) is 25.6 Å². The second-order valence-corrected chi connectivity index (χ2v) is 6.67. The van der Waals surface area contributed by atoms with Crippen LogP contribution in [0.4, 0.5) is 0 Å². The van der Waals surface area contributed by atoms with Crippen molar-refractivity contribution < 1.29 is 13.7 Å². The van der Waals surface area contributed by atoms with Crippen molar-refractivity contribution in [1.29, 1.82) is 0 Å². The first-order chi connectivity index (χ1) is 13.2. The zero-order valence-corrected chi connectivity index (χ0v) is 16.1. The van der Waals surface area contributed by atoms with E-state index in [9.17, 15) is 0 Å².